The van der Waals surface area contributed by atoms with Crippen molar-refractivity contribution < 1.29 is 9.90 Å². The van der Waals surface area contributed by atoms with Gasteiger partial charge < -0.3 is 10.4 Å². The molecule has 1 heterocycles. The molecular formula is C17H23N3O2. The van der Waals surface area contributed by atoms with E-state index in [4.69, 9.17) is 0 Å². The molecule has 1 aromatic heterocycles. The minimum Gasteiger partial charge on any atom is -0.387 e. The van der Waals surface area contributed by atoms with E-state index in [0.29, 0.717) is 11.3 Å². The van der Waals surface area contributed by atoms with Crippen molar-refractivity contribution in [2.45, 2.75) is 39.2 Å². The van der Waals surface area contributed by atoms with Crippen molar-refractivity contribution in [1.29, 1.82) is 0 Å². The number of nitrogens with one attached hydrogen (secondary N) is 2. The molecule has 1 aromatic carbocycles. The van der Waals surface area contributed by atoms with Crippen LogP contribution in [0.2, 0.25) is 0 Å². The Bertz CT molecular complexity index is 639. The number of H-pyrrole nitrogens is 1. The van der Waals surface area contributed by atoms with Crippen LogP contribution >= 0.6 is 0 Å². The second-order valence-electron chi connectivity index (χ2n) is 6.51. The molecule has 0 unspecified atom stereocenters. The van der Waals surface area contributed by atoms with Crippen LogP contribution in [0.4, 0.5) is 0 Å². The highest BCUT2D eigenvalue weighted by Gasteiger charge is 2.16. The molecule has 1 amide bonds. The molecule has 2 aromatic rings. The minimum atomic E-state index is -0.731. The summed E-state index contributed by atoms with van der Waals surface area (Å²) in [6, 6.07) is 7.84. The van der Waals surface area contributed by atoms with Gasteiger partial charge >= 0.3 is 0 Å². The third-order valence-corrected chi connectivity index (χ3v) is 3.69. The molecule has 0 saturated heterocycles. The summed E-state index contributed by atoms with van der Waals surface area (Å²) in [4.78, 5) is 12.0. The predicted octanol–water partition coefficient (Wildman–Crippen LogP) is 2.48. The number of carbonyl (C=O) groups excluding carboxylic acids is 1. The summed E-state index contributed by atoms with van der Waals surface area (Å²) in [5.74, 6) is -0.239. The highest BCUT2D eigenvalue weighted by molar-refractivity contribution is 5.94. The smallest absolute Gasteiger partial charge is 0.254 e. The number of aliphatic hydroxyl groups excluding tert-OH is 1. The Morgan fingerprint density at radius 1 is 1.32 bits per heavy atom. The maximum Gasteiger partial charge on any atom is 0.254 e. The van der Waals surface area contributed by atoms with Gasteiger partial charge in [-0.05, 0) is 23.5 Å². The fourth-order valence-electron chi connectivity index (χ4n) is 2.19. The number of aliphatic hydroxyl groups is 1. The summed E-state index contributed by atoms with van der Waals surface area (Å²) in [5.41, 5.74) is 3.28. The largest absolute Gasteiger partial charge is 0.387 e. The van der Waals surface area contributed by atoms with Crippen molar-refractivity contribution in [3.05, 3.63) is 52.8 Å². The van der Waals surface area contributed by atoms with E-state index in [1.165, 1.54) is 11.8 Å². The van der Waals surface area contributed by atoms with E-state index in [1.807, 2.05) is 24.3 Å². The van der Waals surface area contributed by atoms with E-state index < -0.39 is 6.10 Å². The van der Waals surface area contributed by atoms with Gasteiger partial charge in [0.1, 0.15) is 0 Å². The summed E-state index contributed by atoms with van der Waals surface area (Å²) in [6.45, 7) is 8.38. The molecule has 0 aliphatic rings. The molecule has 5 heteroatoms. The molecule has 0 radical (unpaired) electrons. The molecular weight excluding hydrogens is 278 g/mol. The third kappa shape index (κ3) is 3.74. The van der Waals surface area contributed by atoms with Crippen molar-refractivity contribution in [2.24, 2.45) is 0 Å². The Hall–Kier alpha value is -2.14. The molecule has 0 spiro atoms. The first-order valence-electron chi connectivity index (χ1n) is 7.35. The lowest BCUT2D eigenvalue weighted by Gasteiger charge is -2.20. The summed E-state index contributed by atoms with van der Waals surface area (Å²) >= 11 is 0. The van der Waals surface area contributed by atoms with E-state index in [2.05, 4.69) is 36.3 Å². The predicted molar refractivity (Wildman–Crippen MR) is 85.8 cm³/mol. The zero-order valence-electron chi connectivity index (χ0n) is 13.5. The van der Waals surface area contributed by atoms with Gasteiger partial charge in [0.2, 0.25) is 0 Å². The van der Waals surface area contributed by atoms with Gasteiger partial charge in [-0.3, -0.25) is 9.89 Å². The van der Waals surface area contributed by atoms with Crippen LogP contribution in [0.15, 0.2) is 30.5 Å². The highest BCUT2D eigenvalue weighted by atomic mass is 16.3. The van der Waals surface area contributed by atoms with Crippen LogP contribution in [0.3, 0.4) is 0 Å². The molecule has 0 saturated carbocycles. The van der Waals surface area contributed by atoms with Gasteiger partial charge in [0, 0.05) is 12.2 Å². The quantitative estimate of drug-likeness (QED) is 0.812. The van der Waals surface area contributed by atoms with Crippen molar-refractivity contribution in [1.82, 2.24) is 15.5 Å². The van der Waals surface area contributed by atoms with Gasteiger partial charge in [-0.25, -0.2) is 0 Å². The summed E-state index contributed by atoms with van der Waals surface area (Å²) in [7, 11) is 0. The molecule has 0 bridgehead atoms. The highest BCUT2D eigenvalue weighted by Crippen LogP contribution is 2.23. The van der Waals surface area contributed by atoms with Gasteiger partial charge in [0.15, 0.2) is 0 Å². The van der Waals surface area contributed by atoms with E-state index in [0.717, 1.165) is 5.56 Å². The number of hydrogen-bond donors (Lipinski definition) is 3. The number of rotatable bonds is 4. The van der Waals surface area contributed by atoms with Crippen molar-refractivity contribution >= 4 is 5.91 Å². The normalized spacial score (nSPS) is 13.0. The zero-order valence-corrected chi connectivity index (χ0v) is 13.5. The lowest BCUT2D eigenvalue weighted by Crippen LogP contribution is -2.28. The van der Waals surface area contributed by atoms with Gasteiger partial charge in [-0.2, -0.15) is 5.10 Å². The number of hydrogen-bond acceptors (Lipinski definition) is 3. The lowest BCUT2D eigenvalue weighted by molar-refractivity contribution is 0.0915. The van der Waals surface area contributed by atoms with Crippen LogP contribution in [0.1, 0.15) is 54.1 Å². The number of benzene rings is 1. The van der Waals surface area contributed by atoms with Gasteiger partial charge in [-0.15, -0.1) is 0 Å². The second-order valence-corrected chi connectivity index (χ2v) is 6.51. The molecule has 5 nitrogen and oxygen atoms in total. The van der Waals surface area contributed by atoms with Gasteiger partial charge in [-0.1, -0.05) is 45.0 Å². The maximum atomic E-state index is 12.0. The molecule has 22 heavy (non-hydrogen) atoms. The summed E-state index contributed by atoms with van der Waals surface area (Å²) < 4.78 is 0. The van der Waals surface area contributed by atoms with Gasteiger partial charge in [0.05, 0.1) is 17.9 Å². The first kappa shape index (κ1) is 16.2. The Morgan fingerprint density at radius 2 is 1.95 bits per heavy atom. The van der Waals surface area contributed by atoms with E-state index in [9.17, 15) is 9.90 Å². The van der Waals surface area contributed by atoms with Crippen LogP contribution in [-0.2, 0) is 5.41 Å². The number of carbonyl (C=O) groups is 1. The van der Waals surface area contributed by atoms with Crippen LogP contribution < -0.4 is 5.32 Å². The topological polar surface area (TPSA) is 78.0 Å². The van der Waals surface area contributed by atoms with Crippen molar-refractivity contribution in [2.75, 3.05) is 6.54 Å². The number of amides is 1. The summed E-state index contributed by atoms with van der Waals surface area (Å²) in [6.07, 6.45) is 0.750. The summed E-state index contributed by atoms with van der Waals surface area (Å²) in [5, 5.41) is 19.4. The Kier molecular flexibility index (Phi) is 4.66. The minimum absolute atomic E-state index is 0.0799. The molecule has 0 fully saturated rings. The molecule has 118 valence electrons. The van der Waals surface area contributed by atoms with Crippen LogP contribution in [-0.4, -0.2) is 27.8 Å². The Morgan fingerprint density at radius 3 is 2.45 bits per heavy atom. The zero-order chi connectivity index (χ0) is 16.3. The lowest BCUT2D eigenvalue weighted by atomic mass is 9.86. The fourth-order valence-corrected chi connectivity index (χ4v) is 2.19. The van der Waals surface area contributed by atoms with Crippen molar-refractivity contribution in [3.63, 3.8) is 0 Å². The Balaban J connectivity index is 1.96. The average Bonchev–Trinajstić information content (AvgIpc) is 2.90. The molecule has 0 aliphatic heterocycles. The van der Waals surface area contributed by atoms with E-state index >= 15 is 0 Å². The molecule has 0 aliphatic carbocycles. The molecule has 1 atom stereocenters. The third-order valence-electron chi connectivity index (χ3n) is 3.69. The number of aromatic amines is 1. The van der Waals surface area contributed by atoms with Crippen LogP contribution in [0.25, 0.3) is 0 Å². The monoisotopic (exact) mass is 301 g/mol. The van der Waals surface area contributed by atoms with Crippen LogP contribution in [0.5, 0.6) is 0 Å². The van der Waals surface area contributed by atoms with Gasteiger partial charge in [0.25, 0.3) is 5.91 Å². The average molecular weight is 301 g/mol. The standard InChI is InChI=1S/C17H23N3O2/c1-11-14(9-19-20-11)16(22)18-10-15(21)12-5-7-13(8-6-12)17(2,3)4/h5-9,15,21H,10H2,1-4H3,(H,18,22)(H,19,20)/t15-/m0/s1. The number of nitrogens with zero attached hydrogens (tertiary/aromatic N) is 1. The first-order chi connectivity index (χ1) is 10.3. The SMILES string of the molecule is Cc1[nH]ncc1C(=O)NC[C@H](O)c1ccc(C(C)(C)C)cc1. The van der Waals surface area contributed by atoms with E-state index in [1.54, 1.807) is 6.92 Å². The van der Waals surface area contributed by atoms with Crippen LogP contribution in [0, 0.1) is 6.92 Å². The Labute approximate surface area is 130 Å². The molecule has 3 N–H and O–H groups in total. The van der Waals surface area contributed by atoms with E-state index in [-0.39, 0.29) is 17.9 Å². The maximum absolute atomic E-state index is 12.0. The number of aryl methyl sites for hydroxylation is 1. The molecule has 2 rings (SSSR count). The second kappa shape index (κ2) is 6.32. The first-order valence-corrected chi connectivity index (χ1v) is 7.35. The van der Waals surface area contributed by atoms with Crippen molar-refractivity contribution in [3.8, 4) is 0 Å². The fraction of sp³-hybridized carbons (Fsp3) is 0.412. The number of aromatic nitrogens is 2.